The number of aromatic nitrogens is 2. The molecule has 0 aliphatic rings. The molecule has 1 heterocycles. The average molecular weight is 427 g/mol. The van der Waals surface area contributed by atoms with Gasteiger partial charge in [-0.05, 0) is 68.1 Å². The van der Waals surface area contributed by atoms with E-state index in [0.717, 1.165) is 16.3 Å². The fourth-order valence-electron chi connectivity index (χ4n) is 2.62. The number of ether oxygens (including phenoxy) is 1. The van der Waals surface area contributed by atoms with Gasteiger partial charge in [-0.3, -0.25) is 4.79 Å². The maximum Gasteiger partial charge on any atom is 0.387 e. The molecule has 0 fully saturated rings. The van der Waals surface area contributed by atoms with Crippen LogP contribution >= 0.6 is 11.8 Å². The molecule has 0 aliphatic carbocycles. The number of hydrogen-bond acceptors (Lipinski definition) is 5. The summed E-state index contributed by atoms with van der Waals surface area (Å²) in [5.74, 6) is -0.383. The Morgan fingerprint density at radius 3 is 2.40 bits per heavy atom. The van der Waals surface area contributed by atoms with Crippen LogP contribution in [0.2, 0.25) is 0 Å². The van der Waals surface area contributed by atoms with Gasteiger partial charge >= 0.3 is 6.61 Å². The fraction of sp³-hybridized carbons (Fsp3) is 0.136. The molecular formula is C22H19F2N3O2S. The second kappa shape index (κ2) is 9.98. The summed E-state index contributed by atoms with van der Waals surface area (Å²) >= 11 is 1.43. The molecule has 1 amide bonds. The first-order chi connectivity index (χ1) is 14.4. The minimum atomic E-state index is -2.93. The number of para-hydroxylation sites is 1. The predicted octanol–water partition coefficient (Wildman–Crippen LogP) is 5.50. The third-order valence-corrected chi connectivity index (χ3v) is 4.72. The van der Waals surface area contributed by atoms with Crippen LogP contribution in [0.15, 0.2) is 70.7 Å². The molecule has 0 atom stereocenters. The van der Waals surface area contributed by atoms with E-state index in [-0.39, 0.29) is 11.7 Å². The number of rotatable bonds is 7. The fourth-order valence-corrected chi connectivity index (χ4v) is 3.48. The van der Waals surface area contributed by atoms with Crippen LogP contribution in [0.1, 0.15) is 17.0 Å². The van der Waals surface area contributed by atoms with Gasteiger partial charge in [0.25, 0.3) is 0 Å². The number of carbonyl (C=O) groups excluding carboxylic acids is 1. The van der Waals surface area contributed by atoms with E-state index in [0.29, 0.717) is 16.4 Å². The third-order valence-electron chi connectivity index (χ3n) is 3.84. The summed E-state index contributed by atoms with van der Waals surface area (Å²) in [6, 6.07) is 15.4. The lowest BCUT2D eigenvalue weighted by Gasteiger charge is -2.07. The molecule has 3 aromatic rings. The highest BCUT2D eigenvalue weighted by atomic mass is 32.2. The molecule has 8 heteroatoms. The van der Waals surface area contributed by atoms with Crippen molar-refractivity contribution >= 4 is 29.4 Å². The van der Waals surface area contributed by atoms with E-state index in [1.165, 1.54) is 30.0 Å². The second-order valence-electron chi connectivity index (χ2n) is 6.30. The summed E-state index contributed by atoms with van der Waals surface area (Å²) in [5, 5.41) is 3.39. The Balaban J connectivity index is 1.61. The lowest BCUT2D eigenvalue weighted by Crippen LogP contribution is -2.07. The zero-order chi connectivity index (χ0) is 21.5. The first-order valence-electron chi connectivity index (χ1n) is 9.02. The van der Waals surface area contributed by atoms with Gasteiger partial charge in [0, 0.05) is 33.6 Å². The first kappa shape index (κ1) is 21.4. The highest BCUT2D eigenvalue weighted by Crippen LogP contribution is 2.26. The third kappa shape index (κ3) is 6.38. The minimum Gasteiger partial charge on any atom is -0.434 e. The monoisotopic (exact) mass is 427 g/mol. The largest absolute Gasteiger partial charge is 0.434 e. The summed E-state index contributed by atoms with van der Waals surface area (Å²) < 4.78 is 29.4. The SMILES string of the molecule is Cc1cc(C)nc(Sc2ccc(NC(=O)/C=C/c3ccccc3OC(F)F)cc2)n1. The summed E-state index contributed by atoms with van der Waals surface area (Å²) in [7, 11) is 0. The zero-order valence-electron chi connectivity index (χ0n) is 16.3. The smallest absolute Gasteiger partial charge is 0.387 e. The molecule has 0 bridgehead atoms. The van der Waals surface area contributed by atoms with Crippen molar-refractivity contribution in [1.82, 2.24) is 9.97 Å². The molecule has 3 rings (SSSR count). The van der Waals surface area contributed by atoms with E-state index in [4.69, 9.17) is 0 Å². The molecule has 0 saturated carbocycles. The first-order valence-corrected chi connectivity index (χ1v) is 9.84. The van der Waals surface area contributed by atoms with Gasteiger partial charge < -0.3 is 10.1 Å². The van der Waals surface area contributed by atoms with Gasteiger partial charge in [-0.25, -0.2) is 9.97 Å². The van der Waals surface area contributed by atoms with E-state index in [1.54, 1.807) is 30.3 Å². The van der Waals surface area contributed by atoms with Crippen LogP contribution < -0.4 is 10.1 Å². The van der Waals surface area contributed by atoms with Gasteiger partial charge in [0.15, 0.2) is 5.16 Å². The molecule has 1 N–H and O–H groups in total. The Hall–Kier alpha value is -3.26. The van der Waals surface area contributed by atoms with Crippen molar-refractivity contribution in [2.45, 2.75) is 30.5 Å². The molecule has 0 saturated heterocycles. The number of anilines is 1. The van der Waals surface area contributed by atoms with Crippen molar-refractivity contribution in [3.63, 3.8) is 0 Å². The van der Waals surface area contributed by atoms with Crippen LogP contribution in [-0.2, 0) is 4.79 Å². The van der Waals surface area contributed by atoms with Gasteiger partial charge in [0.1, 0.15) is 5.75 Å². The van der Waals surface area contributed by atoms with Crippen LogP contribution in [0, 0.1) is 13.8 Å². The molecule has 154 valence electrons. The highest BCUT2D eigenvalue weighted by Gasteiger charge is 2.08. The van der Waals surface area contributed by atoms with Crippen molar-refractivity contribution < 1.29 is 18.3 Å². The van der Waals surface area contributed by atoms with Gasteiger partial charge in [-0.2, -0.15) is 8.78 Å². The normalized spacial score (nSPS) is 11.1. The van der Waals surface area contributed by atoms with Gasteiger partial charge in [-0.15, -0.1) is 0 Å². The Kier molecular flexibility index (Phi) is 7.13. The number of alkyl halides is 2. The molecule has 0 spiro atoms. The van der Waals surface area contributed by atoms with Crippen molar-refractivity contribution in [2.75, 3.05) is 5.32 Å². The lowest BCUT2D eigenvalue weighted by molar-refractivity contribution is -0.111. The molecular weight excluding hydrogens is 408 g/mol. The molecule has 30 heavy (non-hydrogen) atoms. The molecule has 0 aliphatic heterocycles. The number of amides is 1. The van der Waals surface area contributed by atoms with Crippen molar-refractivity contribution in [3.8, 4) is 5.75 Å². The Labute approximate surface area is 177 Å². The van der Waals surface area contributed by atoms with Crippen molar-refractivity contribution in [3.05, 3.63) is 77.6 Å². The van der Waals surface area contributed by atoms with Gasteiger partial charge in [-0.1, -0.05) is 18.2 Å². The summed E-state index contributed by atoms with van der Waals surface area (Å²) in [6.45, 7) is 0.908. The lowest BCUT2D eigenvalue weighted by atomic mass is 10.2. The Morgan fingerprint density at radius 2 is 1.73 bits per heavy atom. The Bertz CT molecular complexity index is 1040. The van der Waals surface area contributed by atoms with E-state index < -0.39 is 6.61 Å². The summed E-state index contributed by atoms with van der Waals surface area (Å²) in [6.07, 6.45) is 2.69. The number of hydrogen-bond donors (Lipinski definition) is 1. The van der Waals surface area contributed by atoms with E-state index in [2.05, 4.69) is 20.0 Å². The number of carbonyl (C=O) groups is 1. The van der Waals surface area contributed by atoms with Crippen molar-refractivity contribution in [2.24, 2.45) is 0 Å². The van der Waals surface area contributed by atoms with Crippen LogP contribution in [0.5, 0.6) is 5.75 Å². The zero-order valence-corrected chi connectivity index (χ0v) is 17.1. The summed E-state index contributed by atoms with van der Waals surface area (Å²) in [5.41, 5.74) is 2.79. The maximum absolute atomic E-state index is 12.5. The highest BCUT2D eigenvalue weighted by molar-refractivity contribution is 7.99. The predicted molar refractivity (Wildman–Crippen MR) is 113 cm³/mol. The number of nitrogens with zero attached hydrogens (tertiary/aromatic N) is 2. The van der Waals surface area contributed by atoms with Gasteiger partial charge in [0.05, 0.1) is 0 Å². The van der Waals surface area contributed by atoms with E-state index >= 15 is 0 Å². The molecule has 0 radical (unpaired) electrons. The average Bonchev–Trinajstić information content (AvgIpc) is 2.68. The number of nitrogens with one attached hydrogen (secondary N) is 1. The quantitative estimate of drug-likeness (QED) is 0.399. The van der Waals surface area contributed by atoms with Gasteiger partial charge in [0.2, 0.25) is 5.91 Å². The van der Waals surface area contributed by atoms with E-state index in [9.17, 15) is 13.6 Å². The number of aryl methyl sites for hydroxylation is 2. The minimum absolute atomic E-state index is 0.00605. The standard InChI is InChI=1S/C22H19F2N3O2S/c1-14-13-15(2)26-22(25-14)30-18-10-8-17(9-11-18)27-20(28)12-7-16-5-3-4-6-19(16)29-21(23)24/h3-13,21H,1-2H3,(H,27,28)/b12-7+. The van der Waals surface area contributed by atoms with Crippen LogP contribution in [0.4, 0.5) is 14.5 Å². The summed E-state index contributed by atoms with van der Waals surface area (Å²) in [4.78, 5) is 21.9. The van der Waals surface area contributed by atoms with Crippen molar-refractivity contribution in [1.29, 1.82) is 0 Å². The molecule has 2 aromatic carbocycles. The van der Waals surface area contributed by atoms with E-state index in [1.807, 2.05) is 32.0 Å². The number of halogens is 2. The molecule has 0 unspecified atom stereocenters. The molecule has 1 aromatic heterocycles. The van der Waals surface area contributed by atoms with Crippen LogP contribution in [-0.4, -0.2) is 22.5 Å². The maximum atomic E-state index is 12.5. The number of benzene rings is 2. The van der Waals surface area contributed by atoms with Crippen LogP contribution in [0.3, 0.4) is 0 Å². The second-order valence-corrected chi connectivity index (χ2v) is 7.34. The Morgan fingerprint density at radius 1 is 1.07 bits per heavy atom. The molecule has 5 nitrogen and oxygen atoms in total. The topological polar surface area (TPSA) is 64.1 Å². The van der Waals surface area contributed by atoms with Crippen LogP contribution in [0.25, 0.3) is 6.08 Å².